The maximum Gasteiger partial charge on any atom is 0.220 e. The van der Waals surface area contributed by atoms with E-state index in [9.17, 15) is 4.79 Å². The summed E-state index contributed by atoms with van der Waals surface area (Å²) in [5, 5.41) is 2.99. The second-order valence-electron chi connectivity index (χ2n) is 5.01. The van der Waals surface area contributed by atoms with Crippen molar-refractivity contribution in [3.63, 3.8) is 0 Å². The largest absolute Gasteiger partial charge is 0.488 e. The van der Waals surface area contributed by atoms with E-state index in [0.29, 0.717) is 12.3 Å². The number of halogens is 2. The standard InChI is InChI=1S/C14H18BrClN2O2/c1-9-12(15)7-17-8-13(9)20-11-5-10(6-11)18-14(19)3-2-4-16/h7-8,10-11H,2-6H2,1H3,(H,18,19). The molecule has 0 aliphatic heterocycles. The molecule has 4 nitrogen and oxygen atoms in total. The lowest BCUT2D eigenvalue weighted by atomic mass is 9.89. The molecule has 1 heterocycles. The van der Waals surface area contributed by atoms with Crippen molar-refractivity contribution in [2.24, 2.45) is 0 Å². The topological polar surface area (TPSA) is 51.2 Å². The Hall–Kier alpha value is -0.810. The lowest BCUT2D eigenvalue weighted by molar-refractivity contribution is -0.123. The summed E-state index contributed by atoms with van der Waals surface area (Å²) in [6.07, 6.45) is 6.55. The Morgan fingerprint density at radius 1 is 1.55 bits per heavy atom. The molecule has 1 aliphatic carbocycles. The molecule has 0 spiro atoms. The van der Waals surface area contributed by atoms with Gasteiger partial charge in [-0.1, -0.05) is 0 Å². The summed E-state index contributed by atoms with van der Waals surface area (Å²) < 4.78 is 6.83. The second-order valence-corrected chi connectivity index (χ2v) is 6.24. The van der Waals surface area contributed by atoms with Gasteiger partial charge >= 0.3 is 0 Å². The molecule has 0 aromatic carbocycles. The maximum atomic E-state index is 11.5. The van der Waals surface area contributed by atoms with Gasteiger partial charge in [-0.2, -0.15) is 0 Å². The molecule has 20 heavy (non-hydrogen) atoms. The summed E-state index contributed by atoms with van der Waals surface area (Å²) in [7, 11) is 0. The van der Waals surface area contributed by atoms with Crippen LogP contribution in [0.5, 0.6) is 5.75 Å². The van der Waals surface area contributed by atoms with Crippen LogP contribution in [-0.4, -0.2) is 28.9 Å². The van der Waals surface area contributed by atoms with Crippen LogP contribution >= 0.6 is 27.5 Å². The number of carbonyl (C=O) groups is 1. The summed E-state index contributed by atoms with van der Waals surface area (Å²) >= 11 is 9.00. The summed E-state index contributed by atoms with van der Waals surface area (Å²) in [4.78, 5) is 15.6. The lowest BCUT2D eigenvalue weighted by Gasteiger charge is -2.36. The number of hydrogen-bond donors (Lipinski definition) is 1. The Morgan fingerprint density at radius 3 is 3.00 bits per heavy atom. The third-order valence-electron chi connectivity index (χ3n) is 3.40. The molecule has 0 atom stereocenters. The minimum absolute atomic E-state index is 0.0782. The highest BCUT2D eigenvalue weighted by molar-refractivity contribution is 9.10. The van der Waals surface area contributed by atoms with Gasteiger partial charge in [-0.05, 0) is 29.3 Å². The van der Waals surface area contributed by atoms with Gasteiger partial charge in [0, 0.05) is 47.4 Å². The van der Waals surface area contributed by atoms with Crippen LogP contribution in [0.3, 0.4) is 0 Å². The first-order valence-electron chi connectivity index (χ1n) is 6.72. The van der Waals surface area contributed by atoms with Crippen molar-refractivity contribution < 1.29 is 9.53 Å². The van der Waals surface area contributed by atoms with Crippen LogP contribution in [0.1, 0.15) is 31.2 Å². The number of nitrogens with one attached hydrogen (secondary N) is 1. The highest BCUT2D eigenvalue weighted by Gasteiger charge is 2.32. The van der Waals surface area contributed by atoms with E-state index in [0.717, 1.165) is 35.0 Å². The third-order valence-corrected chi connectivity index (χ3v) is 4.47. The molecule has 6 heteroatoms. The molecule has 1 amide bonds. The smallest absolute Gasteiger partial charge is 0.220 e. The van der Waals surface area contributed by atoms with Crippen LogP contribution in [0.15, 0.2) is 16.9 Å². The summed E-state index contributed by atoms with van der Waals surface area (Å²) in [6, 6.07) is 0.225. The minimum atomic E-state index is 0.0782. The lowest BCUT2D eigenvalue weighted by Crippen LogP contribution is -2.49. The van der Waals surface area contributed by atoms with E-state index < -0.39 is 0 Å². The van der Waals surface area contributed by atoms with Gasteiger partial charge < -0.3 is 10.1 Å². The number of alkyl halides is 1. The third kappa shape index (κ3) is 4.09. The molecular formula is C14H18BrClN2O2. The SMILES string of the molecule is Cc1c(Br)cncc1OC1CC(NC(=O)CCCCl)C1. The van der Waals surface area contributed by atoms with E-state index in [1.165, 1.54) is 0 Å². The maximum absolute atomic E-state index is 11.5. The Balaban J connectivity index is 1.74. The van der Waals surface area contributed by atoms with E-state index in [1.54, 1.807) is 12.4 Å². The number of carbonyl (C=O) groups excluding carboxylic acids is 1. The summed E-state index contributed by atoms with van der Waals surface area (Å²) in [6.45, 7) is 1.99. The molecule has 0 saturated heterocycles. The van der Waals surface area contributed by atoms with Crippen molar-refractivity contribution in [1.29, 1.82) is 0 Å². The van der Waals surface area contributed by atoms with Crippen molar-refractivity contribution in [3.05, 3.63) is 22.4 Å². The van der Waals surface area contributed by atoms with Gasteiger partial charge in [0.2, 0.25) is 5.91 Å². The first-order chi connectivity index (χ1) is 9.60. The van der Waals surface area contributed by atoms with E-state index in [1.807, 2.05) is 6.92 Å². The number of amides is 1. The van der Waals surface area contributed by atoms with E-state index in [4.69, 9.17) is 16.3 Å². The molecule has 1 aliphatic rings. The normalized spacial score (nSPS) is 21.1. The highest BCUT2D eigenvalue weighted by Crippen LogP contribution is 2.30. The number of hydrogen-bond acceptors (Lipinski definition) is 3. The quantitative estimate of drug-likeness (QED) is 0.792. The van der Waals surface area contributed by atoms with Gasteiger partial charge in [-0.15, -0.1) is 11.6 Å². The first-order valence-corrected chi connectivity index (χ1v) is 8.05. The zero-order valence-electron chi connectivity index (χ0n) is 11.4. The van der Waals surface area contributed by atoms with Crippen LogP contribution in [0, 0.1) is 6.92 Å². The fraction of sp³-hybridized carbons (Fsp3) is 0.571. The molecule has 1 aromatic rings. The first kappa shape index (κ1) is 15.6. The van der Waals surface area contributed by atoms with Gasteiger partial charge in [0.15, 0.2) is 0 Å². The summed E-state index contributed by atoms with van der Waals surface area (Å²) in [5.74, 6) is 1.41. The van der Waals surface area contributed by atoms with E-state index in [2.05, 4.69) is 26.2 Å². The van der Waals surface area contributed by atoms with Gasteiger partial charge in [0.1, 0.15) is 11.9 Å². The number of rotatable bonds is 6. The van der Waals surface area contributed by atoms with Crippen LogP contribution < -0.4 is 10.1 Å². The molecule has 1 saturated carbocycles. The molecule has 1 aromatic heterocycles. The van der Waals surface area contributed by atoms with Crippen molar-refractivity contribution in [2.75, 3.05) is 5.88 Å². The molecule has 1 fully saturated rings. The van der Waals surface area contributed by atoms with Crippen molar-refractivity contribution >= 4 is 33.4 Å². The van der Waals surface area contributed by atoms with Gasteiger partial charge in [0.05, 0.1) is 6.20 Å². The zero-order chi connectivity index (χ0) is 14.5. The molecule has 0 bridgehead atoms. The minimum Gasteiger partial charge on any atom is -0.488 e. The van der Waals surface area contributed by atoms with Gasteiger partial charge in [-0.25, -0.2) is 0 Å². The van der Waals surface area contributed by atoms with Crippen molar-refractivity contribution in [1.82, 2.24) is 10.3 Å². The Kier molecular flexibility index (Phi) is 5.66. The Morgan fingerprint density at radius 2 is 2.30 bits per heavy atom. The highest BCUT2D eigenvalue weighted by atomic mass is 79.9. The van der Waals surface area contributed by atoms with Crippen molar-refractivity contribution in [3.8, 4) is 5.75 Å². The predicted octanol–water partition coefficient (Wildman–Crippen LogP) is 3.20. The Bertz CT molecular complexity index is 478. The van der Waals surface area contributed by atoms with E-state index >= 15 is 0 Å². The summed E-state index contributed by atoms with van der Waals surface area (Å²) in [5.41, 5.74) is 1.05. The zero-order valence-corrected chi connectivity index (χ0v) is 13.7. The molecule has 2 rings (SSSR count). The average molecular weight is 362 g/mol. The molecule has 1 N–H and O–H groups in total. The second kappa shape index (κ2) is 7.27. The average Bonchev–Trinajstić information content (AvgIpc) is 2.38. The van der Waals surface area contributed by atoms with Crippen LogP contribution in [0.4, 0.5) is 0 Å². The predicted molar refractivity (Wildman–Crippen MR) is 82.2 cm³/mol. The fourth-order valence-corrected chi connectivity index (χ4v) is 2.53. The van der Waals surface area contributed by atoms with Crippen molar-refractivity contribution in [2.45, 2.75) is 44.8 Å². The Labute approximate surface area is 132 Å². The van der Waals surface area contributed by atoms with Gasteiger partial charge in [0.25, 0.3) is 0 Å². The van der Waals surface area contributed by atoms with Gasteiger partial charge in [-0.3, -0.25) is 9.78 Å². The number of aromatic nitrogens is 1. The van der Waals surface area contributed by atoms with Crippen LogP contribution in [-0.2, 0) is 4.79 Å². The molecule has 110 valence electrons. The number of nitrogens with zero attached hydrogens (tertiary/aromatic N) is 1. The number of pyridine rings is 1. The van der Waals surface area contributed by atoms with Crippen LogP contribution in [0.2, 0.25) is 0 Å². The van der Waals surface area contributed by atoms with Crippen LogP contribution in [0.25, 0.3) is 0 Å². The molecular weight excluding hydrogens is 344 g/mol. The fourth-order valence-electron chi connectivity index (χ4n) is 2.09. The molecule has 0 unspecified atom stereocenters. The number of ether oxygens (including phenoxy) is 1. The molecule has 0 radical (unpaired) electrons. The van der Waals surface area contributed by atoms with E-state index in [-0.39, 0.29) is 18.1 Å². The monoisotopic (exact) mass is 360 g/mol.